The van der Waals surface area contributed by atoms with E-state index in [-0.39, 0.29) is 23.7 Å². The van der Waals surface area contributed by atoms with Crippen molar-refractivity contribution < 1.29 is 23.9 Å². The van der Waals surface area contributed by atoms with Gasteiger partial charge in [0.15, 0.2) is 6.61 Å². The van der Waals surface area contributed by atoms with Gasteiger partial charge in [0.05, 0.1) is 11.8 Å². The number of hydrogen-bond acceptors (Lipinski definition) is 5. The Morgan fingerprint density at radius 2 is 1.58 bits per heavy atom. The van der Waals surface area contributed by atoms with Gasteiger partial charge in [0.2, 0.25) is 11.8 Å². The second kappa shape index (κ2) is 9.98. The van der Waals surface area contributed by atoms with Gasteiger partial charge in [-0.15, -0.1) is 0 Å². The molecular weight excluding hydrogens is 420 g/mol. The highest BCUT2D eigenvalue weighted by Crippen LogP contribution is 2.38. The van der Waals surface area contributed by atoms with Crippen LogP contribution in [0.2, 0.25) is 0 Å². The number of carbonyl (C=O) groups is 4. The van der Waals surface area contributed by atoms with E-state index in [2.05, 4.69) is 5.32 Å². The van der Waals surface area contributed by atoms with Crippen LogP contribution in [-0.2, 0) is 30.3 Å². The van der Waals surface area contributed by atoms with Crippen molar-refractivity contribution in [1.29, 1.82) is 0 Å². The van der Waals surface area contributed by atoms with E-state index in [4.69, 9.17) is 4.74 Å². The zero-order valence-electron chi connectivity index (χ0n) is 18.7. The number of anilines is 1. The maximum atomic E-state index is 12.7. The average Bonchev–Trinajstić information content (AvgIpc) is 3.09. The molecule has 0 radical (unpaired) electrons. The Balaban J connectivity index is 1.33. The fraction of sp³-hybridized carbons (Fsp3) is 0.385. The van der Waals surface area contributed by atoms with Crippen molar-refractivity contribution in [3.05, 3.63) is 65.7 Å². The normalized spacial score (nSPS) is 20.8. The van der Waals surface area contributed by atoms with Crippen LogP contribution in [0.4, 0.5) is 5.69 Å². The molecular formula is C26H28N2O5. The summed E-state index contributed by atoms with van der Waals surface area (Å²) in [5.74, 6) is -2.49. The van der Waals surface area contributed by atoms with Crippen LogP contribution < -0.4 is 5.32 Å². The van der Waals surface area contributed by atoms with Gasteiger partial charge in [-0.3, -0.25) is 19.3 Å². The minimum atomic E-state index is -1.05. The summed E-state index contributed by atoms with van der Waals surface area (Å²) in [7, 11) is 0. The Kier molecular flexibility index (Phi) is 6.87. The van der Waals surface area contributed by atoms with E-state index >= 15 is 0 Å². The van der Waals surface area contributed by atoms with E-state index in [1.54, 1.807) is 6.07 Å². The standard InChI is InChI=1S/C26H28N2O5/c1-17(28-24(30)20-12-6-7-13-21(20)25(28)31)26(32)33-16-23(29)27-22-14-8-5-11-19(22)15-18-9-3-2-4-10-18/h2-5,8-11,14,17,20-21H,6-7,12-13,15-16H2,1H3,(H,27,29)/t17-,20?,21?/m0/s1. The van der Waals surface area contributed by atoms with E-state index in [9.17, 15) is 19.2 Å². The number of rotatable bonds is 7. The summed E-state index contributed by atoms with van der Waals surface area (Å²) in [4.78, 5) is 51.4. The number of hydrogen-bond donors (Lipinski definition) is 1. The fourth-order valence-electron chi connectivity index (χ4n) is 4.73. The molecule has 1 N–H and O–H groups in total. The first-order valence-electron chi connectivity index (χ1n) is 11.4. The SMILES string of the molecule is C[C@@H](C(=O)OCC(=O)Nc1ccccc1Cc1ccccc1)N1C(=O)C2CCCCC2C1=O. The Bertz CT molecular complexity index is 1030. The lowest BCUT2D eigenvalue weighted by Gasteiger charge is -2.21. The molecule has 1 saturated heterocycles. The topological polar surface area (TPSA) is 92.8 Å². The fourth-order valence-corrected chi connectivity index (χ4v) is 4.73. The highest BCUT2D eigenvalue weighted by Gasteiger charge is 2.51. The van der Waals surface area contributed by atoms with Gasteiger partial charge in [0.25, 0.3) is 5.91 Å². The van der Waals surface area contributed by atoms with Crippen molar-refractivity contribution in [1.82, 2.24) is 4.90 Å². The summed E-state index contributed by atoms with van der Waals surface area (Å²) in [6.07, 6.45) is 3.84. The summed E-state index contributed by atoms with van der Waals surface area (Å²) >= 11 is 0. The van der Waals surface area contributed by atoms with Crippen LogP contribution in [0.25, 0.3) is 0 Å². The van der Waals surface area contributed by atoms with Crippen LogP contribution in [0.1, 0.15) is 43.7 Å². The van der Waals surface area contributed by atoms with Crippen molar-refractivity contribution >= 4 is 29.4 Å². The summed E-state index contributed by atoms with van der Waals surface area (Å²) in [5, 5.41) is 2.79. The Morgan fingerprint density at radius 1 is 0.970 bits per heavy atom. The molecule has 1 aliphatic carbocycles. The number of amides is 3. The van der Waals surface area contributed by atoms with Crippen LogP contribution in [0, 0.1) is 11.8 Å². The number of fused-ring (bicyclic) bond motifs is 1. The average molecular weight is 449 g/mol. The number of para-hydroxylation sites is 1. The number of carbonyl (C=O) groups excluding carboxylic acids is 4. The van der Waals surface area contributed by atoms with Gasteiger partial charge in [-0.25, -0.2) is 4.79 Å². The van der Waals surface area contributed by atoms with Gasteiger partial charge < -0.3 is 10.1 Å². The molecule has 1 aliphatic heterocycles. The van der Waals surface area contributed by atoms with E-state index in [1.165, 1.54) is 6.92 Å². The van der Waals surface area contributed by atoms with Gasteiger partial charge in [-0.1, -0.05) is 61.4 Å². The number of ether oxygens (including phenoxy) is 1. The summed E-state index contributed by atoms with van der Waals surface area (Å²) in [5.41, 5.74) is 2.69. The van der Waals surface area contributed by atoms with Crippen molar-refractivity contribution in [3.63, 3.8) is 0 Å². The molecule has 3 atom stereocenters. The van der Waals surface area contributed by atoms with Crippen LogP contribution in [0.5, 0.6) is 0 Å². The molecule has 1 heterocycles. The van der Waals surface area contributed by atoms with Gasteiger partial charge in [0, 0.05) is 5.69 Å². The molecule has 2 fully saturated rings. The highest BCUT2D eigenvalue weighted by molar-refractivity contribution is 6.08. The second-order valence-electron chi connectivity index (χ2n) is 8.70. The monoisotopic (exact) mass is 448 g/mol. The van der Waals surface area contributed by atoms with Crippen molar-refractivity contribution in [2.75, 3.05) is 11.9 Å². The molecule has 33 heavy (non-hydrogen) atoms. The first-order valence-corrected chi connectivity index (χ1v) is 11.4. The summed E-state index contributed by atoms with van der Waals surface area (Å²) in [6, 6.07) is 16.3. The van der Waals surface area contributed by atoms with Crippen LogP contribution in [-0.4, -0.2) is 41.2 Å². The zero-order chi connectivity index (χ0) is 23.4. The van der Waals surface area contributed by atoms with E-state index in [0.717, 1.165) is 28.9 Å². The maximum Gasteiger partial charge on any atom is 0.329 e. The first kappa shape index (κ1) is 22.7. The van der Waals surface area contributed by atoms with E-state index in [1.807, 2.05) is 48.5 Å². The van der Waals surface area contributed by atoms with Crippen LogP contribution in [0.15, 0.2) is 54.6 Å². The molecule has 2 aromatic rings. The van der Waals surface area contributed by atoms with Crippen molar-refractivity contribution in [2.24, 2.45) is 11.8 Å². The lowest BCUT2D eigenvalue weighted by Crippen LogP contribution is -2.45. The largest absolute Gasteiger partial charge is 0.454 e. The summed E-state index contributed by atoms with van der Waals surface area (Å²) in [6.45, 7) is 0.981. The molecule has 0 spiro atoms. The van der Waals surface area contributed by atoms with Gasteiger partial charge in [-0.2, -0.15) is 0 Å². The molecule has 0 bridgehead atoms. The van der Waals surface area contributed by atoms with Gasteiger partial charge in [0.1, 0.15) is 6.04 Å². The highest BCUT2D eigenvalue weighted by atomic mass is 16.5. The number of imide groups is 1. The maximum absolute atomic E-state index is 12.7. The number of esters is 1. The molecule has 3 amide bonds. The predicted octanol–water partition coefficient (Wildman–Crippen LogP) is 3.32. The smallest absolute Gasteiger partial charge is 0.329 e. The predicted molar refractivity (Wildman–Crippen MR) is 122 cm³/mol. The van der Waals surface area contributed by atoms with E-state index in [0.29, 0.717) is 24.9 Å². The molecule has 4 rings (SSSR count). The first-order chi connectivity index (χ1) is 16.0. The minimum Gasteiger partial charge on any atom is -0.454 e. The molecule has 2 aromatic carbocycles. The molecule has 1 saturated carbocycles. The Morgan fingerprint density at radius 3 is 2.24 bits per heavy atom. The Hall–Kier alpha value is -3.48. The third-order valence-corrected chi connectivity index (χ3v) is 6.48. The number of likely N-dealkylation sites (tertiary alicyclic amines) is 1. The third kappa shape index (κ3) is 4.97. The summed E-state index contributed by atoms with van der Waals surface area (Å²) < 4.78 is 5.16. The Labute approximate surface area is 193 Å². The number of nitrogens with zero attached hydrogens (tertiary/aromatic N) is 1. The lowest BCUT2D eigenvalue weighted by molar-refractivity contribution is -0.159. The molecule has 0 aromatic heterocycles. The van der Waals surface area contributed by atoms with Gasteiger partial charge >= 0.3 is 5.97 Å². The molecule has 2 unspecified atom stereocenters. The van der Waals surface area contributed by atoms with Crippen molar-refractivity contribution in [2.45, 2.75) is 45.1 Å². The molecule has 7 nitrogen and oxygen atoms in total. The third-order valence-electron chi connectivity index (χ3n) is 6.48. The van der Waals surface area contributed by atoms with Crippen LogP contribution in [0.3, 0.4) is 0 Å². The molecule has 2 aliphatic rings. The van der Waals surface area contributed by atoms with Crippen LogP contribution >= 0.6 is 0 Å². The molecule has 7 heteroatoms. The quantitative estimate of drug-likeness (QED) is 0.518. The van der Waals surface area contributed by atoms with E-state index < -0.39 is 24.5 Å². The minimum absolute atomic E-state index is 0.298. The zero-order valence-corrected chi connectivity index (χ0v) is 18.7. The number of benzene rings is 2. The second-order valence-corrected chi connectivity index (χ2v) is 8.70. The lowest BCUT2D eigenvalue weighted by atomic mass is 9.81. The van der Waals surface area contributed by atoms with Gasteiger partial charge in [-0.05, 0) is 43.4 Å². The van der Waals surface area contributed by atoms with Crippen molar-refractivity contribution in [3.8, 4) is 0 Å². The molecule has 172 valence electrons. The number of nitrogens with one attached hydrogen (secondary N) is 1.